The third-order valence-corrected chi connectivity index (χ3v) is 4.17. The number of amides is 3. The summed E-state index contributed by atoms with van der Waals surface area (Å²) >= 11 is 0. The van der Waals surface area contributed by atoms with Gasteiger partial charge in [0.2, 0.25) is 17.7 Å². The molecule has 0 bridgehead atoms. The van der Waals surface area contributed by atoms with Gasteiger partial charge >= 0.3 is 5.97 Å². The summed E-state index contributed by atoms with van der Waals surface area (Å²) in [7, 11) is 0. The molecule has 0 fully saturated rings. The number of carboxylic acids is 1. The number of nitrogens with two attached hydrogens (primary N) is 3. The summed E-state index contributed by atoms with van der Waals surface area (Å²) in [6, 6.07) is -3.62. The summed E-state index contributed by atoms with van der Waals surface area (Å²) in [5.41, 5.74) is 15.8. The number of carbonyl (C=O) groups is 4. The summed E-state index contributed by atoms with van der Waals surface area (Å²) in [6.45, 7) is 4.76. The Kier molecular flexibility index (Phi) is 12.8. The number of aliphatic hydroxyl groups excluding tert-OH is 1. The topological polar surface area (TPSA) is 235 Å². The first-order chi connectivity index (χ1) is 14.4. The lowest BCUT2D eigenvalue weighted by Gasteiger charge is -2.26. The highest BCUT2D eigenvalue weighted by atomic mass is 16.4. The Bertz CT molecular complexity index is 649. The van der Waals surface area contributed by atoms with Crippen molar-refractivity contribution in [2.75, 3.05) is 13.1 Å². The molecule has 4 unspecified atom stereocenters. The average Bonchev–Trinajstić information content (AvgIpc) is 2.66. The molecule has 0 aromatic heterocycles. The van der Waals surface area contributed by atoms with Crippen molar-refractivity contribution < 1.29 is 29.4 Å². The maximum Gasteiger partial charge on any atom is 0.328 e. The third kappa shape index (κ3) is 11.7. The zero-order chi connectivity index (χ0) is 24.1. The lowest BCUT2D eigenvalue weighted by atomic mass is 10.0. The van der Waals surface area contributed by atoms with Crippen molar-refractivity contribution in [3.63, 3.8) is 0 Å². The van der Waals surface area contributed by atoms with Crippen molar-refractivity contribution in [1.82, 2.24) is 16.0 Å². The van der Waals surface area contributed by atoms with Crippen molar-refractivity contribution in [1.29, 1.82) is 0 Å². The normalized spacial score (nSPS) is 14.6. The van der Waals surface area contributed by atoms with Gasteiger partial charge in [-0.2, -0.15) is 0 Å². The molecule has 0 aromatic rings. The molecule has 11 N–H and O–H groups in total. The van der Waals surface area contributed by atoms with E-state index in [0.717, 1.165) is 0 Å². The smallest absolute Gasteiger partial charge is 0.328 e. The van der Waals surface area contributed by atoms with Crippen LogP contribution in [0.25, 0.3) is 0 Å². The molecule has 3 amide bonds. The van der Waals surface area contributed by atoms with E-state index in [2.05, 4.69) is 20.9 Å². The highest BCUT2D eigenvalue weighted by Crippen LogP contribution is 2.08. The molecule has 0 aromatic carbocycles. The number of guanidine groups is 1. The predicted molar refractivity (Wildman–Crippen MR) is 114 cm³/mol. The fourth-order valence-corrected chi connectivity index (χ4v) is 2.64. The molecule has 0 aliphatic heterocycles. The summed E-state index contributed by atoms with van der Waals surface area (Å²) in [5, 5.41) is 26.0. The van der Waals surface area contributed by atoms with Crippen molar-refractivity contribution in [2.24, 2.45) is 28.1 Å². The minimum atomic E-state index is -1.54. The van der Waals surface area contributed by atoms with E-state index in [1.165, 1.54) is 6.92 Å². The van der Waals surface area contributed by atoms with Crippen LogP contribution in [0.3, 0.4) is 0 Å². The highest BCUT2D eigenvalue weighted by molar-refractivity contribution is 5.93. The number of aliphatic imine (C=N–C) groups is 1. The van der Waals surface area contributed by atoms with Crippen molar-refractivity contribution in [3.05, 3.63) is 0 Å². The van der Waals surface area contributed by atoms with Gasteiger partial charge in [0, 0.05) is 6.54 Å². The lowest BCUT2D eigenvalue weighted by molar-refractivity contribution is -0.145. The first-order valence-corrected chi connectivity index (χ1v) is 9.95. The van der Waals surface area contributed by atoms with Gasteiger partial charge in [-0.15, -0.1) is 0 Å². The van der Waals surface area contributed by atoms with E-state index < -0.39 is 47.9 Å². The quantitative estimate of drug-likeness (QED) is 0.0769. The fourth-order valence-electron chi connectivity index (χ4n) is 2.64. The van der Waals surface area contributed by atoms with Crippen molar-refractivity contribution in [3.8, 4) is 0 Å². The number of carbonyl (C=O) groups excluding carboxylic acids is 3. The van der Waals surface area contributed by atoms with Crippen LogP contribution in [-0.4, -0.2) is 77.2 Å². The molecule has 13 heteroatoms. The van der Waals surface area contributed by atoms with Crippen LogP contribution in [0.15, 0.2) is 4.99 Å². The van der Waals surface area contributed by atoms with E-state index in [1.807, 2.05) is 13.8 Å². The second-order valence-corrected chi connectivity index (χ2v) is 7.53. The molecule has 31 heavy (non-hydrogen) atoms. The maximum atomic E-state index is 12.8. The van der Waals surface area contributed by atoms with E-state index >= 15 is 0 Å². The number of aliphatic hydroxyl groups is 1. The molecule has 0 radical (unpaired) electrons. The van der Waals surface area contributed by atoms with Gasteiger partial charge in [0.15, 0.2) is 12.0 Å². The average molecular weight is 446 g/mol. The van der Waals surface area contributed by atoms with Crippen LogP contribution >= 0.6 is 0 Å². The van der Waals surface area contributed by atoms with E-state index in [1.54, 1.807) is 0 Å². The second-order valence-electron chi connectivity index (χ2n) is 7.53. The first-order valence-electron chi connectivity index (χ1n) is 9.95. The van der Waals surface area contributed by atoms with E-state index in [-0.39, 0.29) is 37.8 Å². The van der Waals surface area contributed by atoms with Gasteiger partial charge < -0.3 is 43.4 Å². The largest absolute Gasteiger partial charge is 0.480 e. The van der Waals surface area contributed by atoms with Crippen LogP contribution in [0.4, 0.5) is 0 Å². The Labute approximate surface area is 181 Å². The SMILES string of the molecule is CC(C)CC(NC(=O)C(CCCN=C(N)N)NC(=O)CN)C(=O)NC(C(=O)O)C(C)O. The number of aliphatic carboxylic acids is 1. The number of rotatable bonds is 14. The molecule has 0 saturated carbocycles. The fraction of sp³-hybridized carbons (Fsp3) is 0.722. The van der Waals surface area contributed by atoms with Crippen LogP contribution in [0.1, 0.15) is 40.0 Å². The summed E-state index contributed by atoms with van der Waals surface area (Å²) in [5.74, 6) is -3.51. The van der Waals surface area contributed by atoms with Crippen molar-refractivity contribution >= 4 is 29.7 Å². The Morgan fingerprint density at radius 1 is 0.968 bits per heavy atom. The van der Waals surface area contributed by atoms with Crippen molar-refractivity contribution in [2.45, 2.75) is 64.3 Å². The minimum absolute atomic E-state index is 0.0233. The van der Waals surface area contributed by atoms with E-state index in [0.29, 0.717) is 6.42 Å². The molecule has 0 saturated heterocycles. The monoisotopic (exact) mass is 445 g/mol. The number of hydrogen-bond donors (Lipinski definition) is 8. The minimum Gasteiger partial charge on any atom is -0.480 e. The Morgan fingerprint density at radius 2 is 1.55 bits per heavy atom. The molecular weight excluding hydrogens is 410 g/mol. The number of nitrogens with zero attached hydrogens (tertiary/aromatic N) is 1. The van der Waals surface area contributed by atoms with E-state index in [9.17, 15) is 24.3 Å². The van der Waals surface area contributed by atoms with Crippen LogP contribution in [0, 0.1) is 5.92 Å². The predicted octanol–water partition coefficient (Wildman–Crippen LogP) is -3.04. The molecule has 4 atom stereocenters. The molecule has 0 heterocycles. The number of carboxylic acid groups (broad SMARTS) is 1. The summed E-state index contributed by atoms with van der Waals surface area (Å²) in [4.78, 5) is 52.2. The third-order valence-electron chi connectivity index (χ3n) is 4.17. The molecule has 0 spiro atoms. The van der Waals surface area contributed by atoms with Crippen LogP contribution in [0.2, 0.25) is 0 Å². The lowest BCUT2D eigenvalue weighted by Crippen LogP contribution is -2.58. The van der Waals surface area contributed by atoms with Gasteiger partial charge in [-0.25, -0.2) is 4.79 Å². The van der Waals surface area contributed by atoms with Gasteiger partial charge in [-0.05, 0) is 32.1 Å². The maximum absolute atomic E-state index is 12.8. The van der Waals surface area contributed by atoms with Gasteiger partial charge in [-0.1, -0.05) is 13.8 Å². The zero-order valence-corrected chi connectivity index (χ0v) is 18.1. The van der Waals surface area contributed by atoms with Gasteiger partial charge in [0.1, 0.15) is 12.1 Å². The van der Waals surface area contributed by atoms with E-state index in [4.69, 9.17) is 22.3 Å². The number of hydrogen-bond acceptors (Lipinski definition) is 7. The molecule has 13 nitrogen and oxygen atoms in total. The second kappa shape index (κ2) is 14.1. The Hall–Kier alpha value is -2.93. The van der Waals surface area contributed by atoms with Crippen LogP contribution in [-0.2, 0) is 19.2 Å². The number of nitrogens with one attached hydrogen (secondary N) is 3. The van der Waals surface area contributed by atoms with Crippen LogP contribution in [0.5, 0.6) is 0 Å². The Morgan fingerprint density at radius 3 is 2.00 bits per heavy atom. The highest BCUT2D eigenvalue weighted by Gasteiger charge is 2.31. The molecule has 0 aliphatic carbocycles. The zero-order valence-electron chi connectivity index (χ0n) is 18.1. The van der Waals surface area contributed by atoms with Gasteiger partial charge in [0.05, 0.1) is 12.6 Å². The first kappa shape index (κ1) is 28.1. The van der Waals surface area contributed by atoms with Crippen LogP contribution < -0.4 is 33.2 Å². The summed E-state index contributed by atoms with van der Waals surface area (Å²) in [6.07, 6.45) is -0.597. The standard InChI is InChI=1S/C18H35N7O6/c1-9(2)7-12(16(29)25-14(10(3)26)17(30)31)24-15(28)11(23-13(27)8-19)5-4-6-22-18(20)21/h9-12,14,26H,4-8,19H2,1-3H3,(H,23,27)(H,24,28)(H,25,29)(H,30,31)(H4,20,21,22). The van der Waals surface area contributed by atoms with Gasteiger partial charge in [-0.3, -0.25) is 19.4 Å². The Balaban J connectivity index is 5.37. The molecule has 0 rings (SSSR count). The molecule has 0 aliphatic rings. The molecular formula is C18H35N7O6. The molecule has 178 valence electrons. The van der Waals surface area contributed by atoms with Gasteiger partial charge in [0.25, 0.3) is 0 Å². The summed E-state index contributed by atoms with van der Waals surface area (Å²) < 4.78 is 0.